The minimum atomic E-state index is -0.281. The van der Waals surface area contributed by atoms with Gasteiger partial charge in [0.2, 0.25) is 0 Å². The summed E-state index contributed by atoms with van der Waals surface area (Å²) < 4.78 is 26.2. The van der Waals surface area contributed by atoms with Crippen LogP contribution >= 0.6 is 0 Å². The number of hydrogen-bond donors (Lipinski definition) is 1. The molecule has 0 spiro atoms. The van der Waals surface area contributed by atoms with E-state index in [9.17, 15) is 9.50 Å². The fraction of sp³-hybridized carbons (Fsp3) is 0.290. The molecule has 0 saturated carbocycles. The predicted molar refractivity (Wildman–Crippen MR) is 142 cm³/mol. The SMILES string of the molecule is C=CC[C@H](CC(=C)O)c1cccc(OCc2ccc(-c3cc(OC)ccc3F)c(C(C)(C)C)c2)c1. The van der Waals surface area contributed by atoms with Gasteiger partial charge in [0, 0.05) is 12.0 Å². The number of aliphatic hydroxyl groups is 1. The number of benzene rings is 3. The lowest BCUT2D eigenvalue weighted by atomic mass is 9.81. The molecule has 0 aliphatic heterocycles. The predicted octanol–water partition coefficient (Wildman–Crippen LogP) is 8.50. The molecule has 3 aromatic rings. The van der Waals surface area contributed by atoms with Crippen molar-refractivity contribution in [3.05, 3.63) is 108 Å². The Balaban J connectivity index is 1.87. The summed E-state index contributed by atoms with van der Waals surface area (Å²) in [6.45, 7) is 14.2. The van der Waals surface area contributed by atoms with Gasteiger partial charge in [-0.2, -0.15) is 0 Å². The number of allylic oxidation sites excluding steroid dienone is 2. The lowest BCUT2D eigenvalue weighted by molar-refractivity contribution is 0.305. The van der Waals surface area contributed by atoms with Crippen LogP contribution in [0.4, 0.5) is 4.39 Å². The van der Waals surface area contributed by atoms with Crippen LogP contribution in [0.3, 0.4) is 0 Å². The Morgan fingerprint density at radius 1 is 1.03 bits per heavy atom. The van der Waals surface area contributed by atoms with Crippen LogP contribution in [0.5, 0.6) is 11.5 Å². The molecule has 3 aromatic carbocycles. The minimum absolute atomic E-state index is 0.0955. The van der Waals surface area contributed by atoms with Gasteiger partial charge in [0.1, 0.15) is 23.9 Å². The molecule has 0 aliphatic carbocycles. The zero-order valence-electron chi connectivity index (χ0n) is 21.1. The Bertz CT molecular complexity index is 1190. The van der Waals surface area contributed by atoms with Gasteiger partial charge in [-0.05, 0) is 70.3 Å². The Labute approximate surface area is 208 Å². The van der Waals surface area contributed by atoms with Crippen LogP contribution in [0.15, 0.2) is 85.7 Å². The molecule has 4 heteroatoms. The highest BCUT2D eigenvalue weighted by Gasteiger charge is 2.22. The lowest BCUT2D eigenvalue weighted by Gasteiger charge is -2.25. The molecule has 0 unspecified atom stereocenters. The highest BCUT2D eigenvalue weighted by molar-refractivity contribution is 5.71. The quantitative estimate of drug-likeness (QED) is 0.236. The summed E-state index contributed by atoms with van der Waals surface area (Å²) in [4.78, 5) is 0. The van der Waals surface area contributed by atoms with Crippen molar-refractivity contribution in [2.24, 2.45) is 0 Å². The number of halogens is 1. The first-order valence-electron chi connectivity index (χ1n) is 11.8. The molecule has 1 N–H and O–H groups in total. The van der Waals surface area contributed by atoms with Gasteiger partial charge in [-0.3, -0.25) is 0 Å². The highest BCUT2D eigenvalue weighted by atomic mass is 19.1. The van der Waals surface area contributed by atoms with E-state index in [1.165, 1.54) is 6.07 Å². The Morgan fingerprint density at radius 3 is 2.46 bits per heavy atom. The lowest BCUT2D eigenvalue weighted by Crippen LogP contribution is -2.14. The summed E-state index contributed by atoms with van der Waals surface area (Å²) in [5.41, 5.74) is 4.26. The number of methoxy groups -OCH3 is 1. The van der Waals surface area contributed by atoms with Crippen molar-refractivity contribution in [1.82, 2.24) is 0 Å². The monoisotopic (exact) mass is 474 g/mol. The molecule has 3 rings (SSSR count). The van der Waals surface area contributed by atoms with Crippen LogP contribution in [-0.4, -0.2) is 12.2 Å². The average Bonchev–Trinajstić information content (AvgIpc) is 2.82. The number of aliphatic hydroxyl groups excluding tert-OH is 1. The molecule has 35 heavy (non-hydrogen) atoms. The molecule has 0 heterocycles. The number of rotatable bonds is 10. The Hall–Kier alpha value is -3.53. The largest absolute Gasteiger partial charge is 0.513 e. The van der Waals surface area contributed by atoms with E-state index < -0.39 is 0 Å². The first-order valence-corrected chi connectivity index (χ1v) is 11.8. The van der Waals surface area contributed by atoms with Gasteiger partial charge in [-0.15, -0.1) is 6.58 Å². The molecular weight excluding hydrogens is 439 g/mol. The van der Waals surface area contributed by atoms with Crippen LogP contribution in [0, 0.1) is 5.82 Å². The second-order valence-corrected chi connectivity index (χ2v) is 9.83. The van der Waals surface area contributed by atoms with E-state index in [4.69, 9.17) is 9.47 Å². The third-order valence-corrected chi connectivity index (χ3v) is 6.02. The van der Waals surface area contributed by atoms with E-state index in [2.05, 4.69) is 40.0 Å². The third-order valence-electron chi connectivity index (χ3n) is 6.02. The zero-order valence-corrected chi connectivity index (χ0v) is 21.1. The topological polar surface area (TPSA) is 38.7 Å². The fourth-order valence-electron chi connectivity index (χ4n) is 4.22. The van der Waals surface area contributed by atoms with Gasteiger partial charge in [0.15, 0.2) is 0 Å². The van der Waals surface area contributed by atoms with E-state index in [0.717, 1.165) is 34.4 Å². The van der Waals surface area contributed by atoms with Crippen LogP contribution < -0.4 is 9.47 Å². The zero-order chi connectivity index (χ0) is 25.6. The summed E-state index contributed by atoms with van der Waals surface area (Å²) >= 11 is 0. The second-order valence-electron chi connectivity index (χ2n) is 9.83. The van der Waals surface area contributed by atoms with Crippen molar-refractivity contribution in [3.63, 3.8) is 0 Å². The molecule has 0 saturated heterocycles. The van der Waals surface area contributed by atoms with Crippen molar-refractivity contribution in [2.45, 2.75) is 51.6 Å². The van der Waals surface area contributed by atoms with Crippen LogP contribution in [0.2, 0.25) is 0 Å². The van der Waals surface area contributed by atoms with E-state index in [1.54, 1.807) is 19.2 Å². The van der Waals surface area contributed by atoms with Crippen molar-refractivity contribution in [3.8, 4) is 22.6 Å². The van der Waals surface area contributed by atoms with Gasteiger partial charge in [0.25, 0.3) is 0 Å². The van der Waals surface area contributed by atoms with E-state index in [0.29, 0.717) is 24.3 Å². The van der Waals surface area contributed by atoms with Crippen molar-refractivity contribution in [2.75, 3.05) is 7.11 Å². The molecule has 0 amide bonds. The smallest absolute Gasteiger partial charge is 0.131 e. The molecule has 0 fully saturated rings. The Kier molecular flexibility index (Phi) is 8.39. The van der Waals surface area contributed by atoms with E-state index >= 15 is 0 Å². The fourth-order valence-corrected chi connectivity index (χ4v) is 4.22. The van der Waals surface area contributed by atoms with Gasteiger partial charge < -0.3 is 14.6 Å². The van der Waals surface area contributed by atoms with Crippen molar-refractivity contribution in [1.29, 1.82) is 0 Å². The normalized spacial score (nSPS) is 12.1. The first kappa shape index (κ1) is 26.1. The van der Waals surface area contributed by atoms with Gasteiger partial charge in [-0.25, -0.2) is 4.39 Å². The molecule has 3 nitrogen and oxygen atoms in total. The first-order chi connectivity index (χ1) is 16.6. The van der Waals surface area contributed by atoms with Gasteiger partial charge in [-0.1, -0.05) is 63.8 Å². The average molecular weight is 475 g/mol. The number of ether oxygens (including phenoxy) is 2. The van der Waals surface area contributed by atoms with E-state index in [-0.39, 0.29) is 22.9 Å². The second kappa shape index (κ2) is 11.3. The minimum Gasteiger partial charge on any atom is -0.513 e. The molecule has 184 valence electrons. The standard InChI is InChI=1S/C31H35FO3/c1-7-9-23(16-21(2)33)24-10-8-11-26(18-24)35-20-22-12-14-27(29(17-22)31(3,4)5)28-19-25(34-6)13-15-30(28)32/h7-8,10-15,17-19,23,33H,1-2,9,16,20H2,3-6H3/t23-/m1/s1. The maximum atomic E-state index is 14.8. The summed E-state index contributed by atoms with van der Waals surface area (Å²) in [6, 6.07) is 18.7. The summed E-state index contributed by atoms with van der Waals surface area (Å²) in [7, 11) is 1.58. The molecule has 1 atom stereocenters. The third kappa shape index (κ3) is 6.75. The molecule has 0 aliphatic rings. The maximum absolute atomic E-state index is 14.8. The highest BCUT2D eigenvalue weighted by Crippen LogP contribution is 2.37. The Morgan fingerprint density at radius 2 is 1.80 bits per heavy atom. The van der Waals surface area contributed by atoms with Crippen molar-refractivity contribution >= 4 is 0 Å². The van der Waals surface area contributed by atoms with Gasteiger partial charge >= 0.3 is 0 Å². The maximum Gasteiger partial charge on any atom is 0.131 e. The van der Waals surface area contributed by atoms with Crippen LogP contribution in [-0.2, 0) is 12.0 Å². The molecule has 0 radical (unpaired) electrons. The van der Waals surface area contributed by atoms with Crippen LogP contribution in [0.25, 0.3) is 11.1 Å². The van der Waals surface area contributed by atoms with E-state index in [1.807, 2.05) is 42.5 Å². The summed E-state index contributed by atoms with van der Waals surface area (Å²) in [6.07, 6.45) is 3.06. The van der Waals surface area contributed by atoms with Crippen LogP contribution in [0.1, 0.15) is 56.2 Å². The summed E-state index contributed by atoms with van der Waals surface area (Å²) in [5, 5.41) is 9.68. The molecule has 0 bridgehead atoms. The van der Waals surface area contributed by atoms with Crippen molar-refractivity contribution < 1.29 is 19.0 Å². The molecule has 0 aromatic heterocycles. The molecular formula is C31H35FO3. The summed E-state index contributed by atoms with van der Waals surface area (Å²) in [5.74, 6) is 1.34. The van der Waals surface area contributed by atoms with Gasteiger partial charge in [0.05, 0.1) is 12.9 Å². The number of hydrogen-bond acceptors (Lipinski definition) is 3.